The molecule has 2 aromatic rings. The molecule has 0 bridgehead atoms. The van der Waals surface area contributed by atoms with Crippen molar-refractivity contribution in [3.8, 4) is 5.75 Å². The van der Waals surface area contributed by atoms with E-state index >= 15 is 0 Å². The van der Waals surface area contributed by atoms with E-state index in [2.05, 4.69) is 43.0 Å². The minimum Gasteiger partial charge on any atom is -0.497 e. The molecule has 1 fully saturated rings. The van der Waals surface area contributed by atoms with Gasteiger partial charge in [-0.3, -0.25) is 0 Å². The van der Waals surface area contributed by atoms with Crippen LogP contribution in [-0.2, 0) is 15.9 Å². The Labute approximate surface area is 183 Å². The van der Waals surface area contributed by atoms with Crippen LogP contribution < -0.4 is 26.4 Å². The molecule has 0 radical (unpaired) electrons. The molecule has 1 aromatic heterocycles. The Morgan fingerprint density at radius 1 is 0.871 bits per heavy atom. The summed E-state index contributed by atoms with van der Waals surface area (Å²) in [5, 5.41) is 9.83. The first kappa shape index (κ1) is 23.0. The number of nitrogens with zero attached hydrogens (tertiary/aromatic N) is 3. The molecular formula is C21H33N7O3. The van der Waals surface area contributed by atoms with Crippen molar-refractivity contribution in [2.45, 2.75) is 25.3 Å². The van der Waals surface area contributed by atoms with Gasteiger partial charge >= 0.3 is 0 Å². The second-order valence-corrected chi connectivity index (χ2v) is 7.19. The number of ether oxygens (including phenoxy) is 3. The highest BCUT2D eigenvalue weighted by atomic mass is 16.5. The predicted octanol–water partition coefficient (Wildman–Crippen LogP) is 1.51. The maximum absolute atomic E-state index is 5.53. The standard InChI is InChI=1S/C21H33N7O3/c1-29-18-6-2-16(3-7-18)8-10-23-19-26-20(28-21(27-19)25-17-4-5-17)24-11-13-31-15-14-30-12-9-22/h2-3,6-7,17H,4-5,8-15,22H2,1H3,(H3,23,24,25,26,27,28). The summed E-state index contributed by atoms with van der Waals surface area (Å²) in [5.74, 6) is 2.51. The summed E-state index contributed by atoms with van der Waals surface area (Å²) in [4.78, 5) is 13.4. The molecule has 0 spiro atoms. The summed E-state index contributed by atoms with van der Waals surface area (Å²) < 4.78 is 16.0. The molecule has 0 unspecified atom stereocenters. The molecule has 0 saturated heterocycles. The number of benzene rings is 1. The third-order valence-corrected chi connectivity index (χ3v) is 4.57. The quantitative estimate of drug-likeness (QED) is 0.290. The molecule has 5 N–H and O–H groups in total. The predicted molar refractivity (Wildman–Crippen MR) is 121 cm³/mol. The van der Waals surface area contributed by atoms with Gasteiger partial charge in [-0.2, -0.15) is 15.0 Å². The van der Waals surface area contributed by atoms with Gasteiger partial charge in [-0.15, -0.1) is 0 Å². The zero-order valence-corrected chi connectivity index (χ0v) is 18.1. The number of aromatic nitrogens is 3. The van der Waals surface area contributed by atoms with Gasteiger partial charge in [0.05, 0.1) is 33.5 Å². The maximum Gasteiger partial charge on any atom is 0.229 e. The SMILES string of the molecule is COc1ccc(CCNc2nc(NCCOCCOCCN)nc(NC3CC3)n2)cc1. The summed E-state index contributed by atoms with van der Waals surface area (Å²) in [7, 11) is 1.67. The Bertz CT molecular complexity index is 772. The van der Waals surface area contributed by atoms with Gasteiger partial charge in [0.25, 0.3) is 0 Å². The minimum absolute atomic E-state index is 0.458. The van der Waals surface area contributed by atoms with Crippen molar-refractivity contribution >= 4 is 17.8 Å². The summed E-state index contributed by atoms with van der Waals surface area (Å²) >= 11 is 0. The molecule has 10 nitrogen and oxygen atoms in total. The lowest BCUT2D eigenvalue weighted by Gasteiger charge is -2.11. The lowest BCUT2D eigenvalue weighted by atomic mass is 10.1. The van der Waals surface area contributed by atoms with Gasteiger partial charge in [0.1, 0.15) is 5.75 Å². The normalized spacial score (nSPS) is 13.1. The zero-order chi connectivity index (χ0) is 21.7. The fourth-order valence-corrected chi connectivity index (χ4v) is 2.76. The van der Waals surface area contributed by atoms with Crippen LogP contribution in [0, 0.1) is 0 Å². The number of nitrogens with one attached hydrogen (secondary N) is 3. The van der Waals surface area contributed by atoms with E-state index in [0.717, 1.165) is 25.0 Å². The number of anilines is 3. The third-order valence-electron chi connectivity index (χ3n) is 4.57. The first-order valence-corrected chi connectivity index (χ1v) is 10.8. The van der Waals surface area contributed by atoms with Crippen LogP contribution in [0.25, 0.3) is 0 Å². The molecule has 0 amide bonds. The van der Waals surface area contributed by atoms with Crippen molar-refractivity contribution in [3.05, 3.63) is 29.8 Å². The van der Waals surface area contributed by atoms with Crippen LogP contribution in [0.1, 0.15) is 18.4 Å². The van der Waals surface area contributed by atoms with Crippen LogP contribution in [-0.4, -0.2) is 74.2 Å². The van der Waals surface area contributed by atoms with E-state index in [1.807, 2.05) is 12.1 Å². The Morgan fingerprint density at radius 3 is 2.16 bits per heavy atom. The van der Waals surface area contributed by atoms with Crippen molar-refractivity contribution in [2.75, 3.05) is 69.1 Å². The highest BCUT2D eigenvalue weighted by Gasteiger charge is 2.22. The number of hydrogen-bond acceptors (Lipinski definition) is 10. The van der Waals surface area contributed by atoms with E-state index in [9.17, 15) is 0 Å². The molecule has 1 saturated carbocycles. The van der Waals surface area contributed by atoms with Gasteiger partial charge in [0.2, 0.25) is 17.8 Å². The van der Waals surface area contributed by atoms with Crippen LogP contribution >= 0.6 is 0 Å². The summed E-state index contributed by atoms with van der Waals surface area (Å²) in [6.45, 7) is 3.99. The fourth-order valence-electron chi connectivity index (χ4n) is 2.76. The summed E-state index contributed by atoms with van der Waals surface area (Å²) in [6.07, 6.45) is 3.15. The highest BCUT2D eigenvalue weighted by Crippen LogP contribution is 2.23. The van der Waals surface area contributed by atoms with Crippen LogP contribution in [0.5, 0.6) is 5.75 Å². The van der Waals surface area contributed by atoms with Crippen LogP contribution in [0.2, 0.25) is 0 Å². The van der Waals surface area contributed by atoms with E-state index in [1.165, 1.54) is 5.56 Å². The van der Waals surface area contributed by atoms with Crippen LogP contribution in [0.4, 0.5) is 17.8 Å². The molecule has 0 aliphatic heterocycles. The van der Waals surface area contributed by atoms with E-state index < -0.39 is 0 Å². The molecule has 31 heavy (non-hydrogen) atoms. The highest BCUT2D eigenvalue weighted by molar-refractivity contribution is 5.43. The lowest BCUT2D eigenvalue weighted by molar-refractivity contribution is 0.0547. The number of hydrogen-bond donors (Lipinski definition) is 4. The fraction of sp³-hybridized carbons (Fsp3) is 0.571. The Hall–Kier alpha value is -2.69. The number of rotatable bonds is 16. The van der Waals surface area contributed by atoms with Gasteiger partial charge in [-0.05, 0) is 37.0 Å². The molecule has 170 valence electrons. The van der Waals surface area contributed by atoms with Crippen molar-refractivity contribution in [1.82, 2.24) is 15.0 Å². The van der Waals surface area contributed by atoms with Gasteiger partial charge in [0, 0.05) is 25.7 Å². The lowest BCUT2D eigenvalue weighted by Crippen LogP contribution is -2.18. The first-order valence-electron chi connectivity index (χ1n) is 10.8. The molecule has 1 aliphatic carbocycles. The Balaban J connectivity index is 1.45. The Morgan fingerprint density at radius 2 is 1.52 bits per heavy atom. The van der Waals surface area contributed by atoms with Gasteiger partial charge in [-0.25, -0.2) is 0 Å². The van der Waals surface area contributed by atoms with E-state index in [-0.39, 0.29) is 0 Å². The molecule has 10 heteroatoms. The second-order valence-electron chi connectivity index (χ2n) is 7.19. The van der Waals surface area contributed by atoms with Gasteiger partial charge in [-0.1, -0.05) is 12.1 Å². The largest absolute Gasteiger partial charge is 0.497 e. The smallest absolute Gasteiger partial charge is 0.229 e. The van der Waals surface area contributed by atoms with Crippen molar-refractivity contribution < 1.29 is 14.2 Å². The molecular weight excluding hydrogens is 398 g/mol. The molecule has 0 atom stereocenters. The van der Waals surface area contributed by atoms with Crippen molar-refractivity contribution in [1.29, 1.82) is 0 Å². The second kappa shape index (κ2) is 12.9. The monoisotopic (exact) mass is 431 g/mol. The summed E-state index contributed by atoms with van der Waals surface area (Å²) in [6, 6.07) is 8.50. The van der Waals surface area contributed by atoms with E-state index in [4.69, 9.17) is 19.9 Å². The van der Waals surface area contributed by atoms with Crippen LogP contribution in [0.15, 0.2) is 24.3 Å². The topological polar surface area (TPSA) is 128 Å². The molecule has 1 aliphatic rings. The Kier molecular flexibility index (Phi) is 9.55. The minimum atomic E-state index is 0.458. The van der Waals surface area contributed by atoms with Gasteiger partial charge in [0.15, 0.2) is 0 Å². The molecule has 1 heterocycles. The third kappa shape index (κ3) is 8.91. The zero-order valence-electron chi connectivity index (χ0n) is 18.1. The molecule has 3 rings (SSSR count). The van der Waals surface area contributed by atoms with Crippen molar-refractivity contribution in [3.63, 3.8) is 0 Å². The molecule has 1 aromatic carbocycles. The summed E-state index contributed by atoms with van der Waals surface area (Å²) in [5.41, 5.74) is 6.59. The van der Waals surface area contributed by atoms with E-state index in [0.29, 0.717) is 69.9 Å². The average molecular weight is 432 g/mol. The first-order chi connectivity index (χ1) is 15.3. The van der Waals surface area contributed by atoms with Crippen molar-refractivity contribution in [2.24, 2.45) is 5.73 Å². The van der Waals surface area contributed by atoms with E-state index in [1.54, 1.807) is 7.11 Å². The number of nitrogens with two attached hydrogens (primary N) is 1. The van der Waals surface area contributed by atoms with Gasteiger partial charge < -0.3 is 35.9 Å². The average Bonchev–Trinajstić information content (AvgIpc) is 3.60. The number of methoxy groups -OCH3 is 1. The maximum atomic E-state index is 5.53. The van der Waals surface area contributed by atoms with Crippen LogP contribution in [0.3, 0.4) is 0 Å².